The molecule has 0 aromatic carbocycles. The molecule has 2 aliphatic rings. The van der Waals surface area contributed by atoms with Crippen LogP contribution in [0.3, 0.4) is 0 Å². The third-order valence-corrected chi connectivity index (χ3v) is 5.32. The Labute approximate surface area is 147 Å². The van der Waals surface area contributed by atoms with Gasteiger partial charge in [0.25, 0.3) is 0 Å². The molecule has 4 rings (SSSR count). The van der Waals surface area contributed by atoms with Crippen LogP contribution in [0.1, 0.15) is 31.7 Å². The van der Waals surface area contributed by atoms with E-state index in [2.05, 4.69) is 24.9 Å². The number of aromatic nitrogens is 4. The summed E-state index contributed by atoms with van der Waals surface area (Å²) < 4.78 is 2.00. The van der Waals surface area contributed by atoms with Gasteiger partial charge in [-0.25, -0.2) is 4.98 Å². The highest BCUT2D eigenvalue weighted by atomic mass is 16.2. The molecule has 2 saturated heterocycles. The van der Waals surface area contributed by atoms with Gasteiger partial charge in [-0.3, -0.25) is 14.5 Å². The normalized spacial score (nSPS) is 22.2. The van der Waals surface area contributed by atoms with Crippen molar-refractivity contribution >= 4 is 11.7 Å². The van der Waals surface area contributed by atoms with Gasteiger partial charge in [-0.1, -0.05) is 0 Å². The van der Waals surface area contributed by atoms with Gasteiger partial charge in [-0.05, 0) is 31.7 Å². The summed E-state index contributed by atoms with van der Waals surface area (Å²) in [6.45, 7) is 3.39. The third-order valence-electron chi connectivity index (χ3n) is 5.32. The fourth-order valence-corrected chi connectivity index (χ4v) is 3.94. The van der Waals surface area contributed by atoms with Gasteiger partial charge < -0.3 is 9.80 Å². The molecular formula is C18H24N6O. The largest absolute Gasteiger partial charge is 0.355 e. The zero-order valence-corrected chi connectivity index (χ0v) is 14.4. The molecule has 0 saturated carbocycles. The Bertz CT molecular complexity index is 681. The summed E-state index contributed by atoms with van der Waals surface area (Å²) in [5.41, 5.74) is 0. The maximum Gasteiger partial charge on any atom is 0.225 e. The van der Waals surface area contributed by atoms with E-state index in [1.807, 2.05) is 23.1 Å². The molecule has 1 atom stereocenters. The molecule has 0 aliphatic carbocycles. The Balaban J connectivity index is 1.34. The molecule has 0 N–H and O–H groups in total. The van der Waals surface area contributed by atoms with Crippen molar-refractivity contribution in [2.45, 2.75) is 31.7 Å². The van der Waals surface area contributed by atoms with Crippen molar-refractivity contribution in [1.29, 1.82) is 0 Å². The molecule has 0 radical (unpaired) electrons. The fourth-order valence-electron chi connectivity index (χ4n) is 3.94. The van der Waals surface area contributed by atoms with Gasteiger partial charge in [0.15, 0.2) is 0 Å². The molecule has 2 aliphatic heterocycles. The van der Waals surface area contributed by atoms with Crippen molar-refractivity contribution in [3.05, 3.63) is 37.1 Å². The maximum atomic E-state index is 13.0. The third kappa shape index (κ3) is 3.50. The average molecular weight is 340 g/mol. The summed E-state index contributed by atoms with van der Waals surface area (Å²) in [6, 6.07) is 2.26. The van der Waals surface area contributed by atoms with Crippen molar-refractivity contribution < 1.29 is 4.79 Å². The zero-order chi connectivity index (χ0) is 17.1. The van der Waals surface area contributed by atoms with E-state index in [4.69, 9.17) is 0 Å². The SMILES string of the molecule is O=C(C1CCN(c2cnccn2)CC1)N1CCC[C@H](n2cccn2)C1. The van der Waals surface area contributed by atoms with E-state index in [-0.39, 0.29) is 5.92 Å². The number of piperidine rings is 2. The number of hydrogen-bond acceptors (Lipinski definition) is 5. The molecule has 0 unspecified atom stereocenters. The molecule has 4 heterocycles. The van der Waals surface area contributed by atoms with Crippen LogP contribution in [0.15, 0.2) is 37.1 Å². The molecule has 2 fully saturated rings. The minimum atomic E-state index is 0.129. The van der Waals surface area contributed by atoms with E-state index in [9.17, 15) is 4.79 Å². The second-order valence-electron chi connectivity index (χ2n) is 6.89. The molecule has 7 heteroatoms. The summed E-state index contributed by atoms with van der Waals surface area (Å²) in [4.78, 5) is 25.7. The molecular weight excluding hydrogens is 316 g/mol. The van der Waals surface area contributed by atoms with Crippen molar-refractivity contribution in [3.8, 4) is 0 Å². The van der Waals surface area contributed by atoms with Gasteiger partial charge >= 0.3 is 0 Å². The fraction of sp³-hybridized carbons (Fsp3) is 0.556. The van der Waals surface area contributed by atoms with E-state index in [0.29, 0.717) is 11.9 Å². The molecule has 25 heavy (non-hydrogen) atoms. The standard InChI is InChI=1S/C18H24N6O/c25-18(23-9-1-3-16(14-23)24-10-2-6-21-24)15-4-11-22(12-5-15)17-13-19-7-8-20-17/h2,6-8,10,13,15-16H,1,3-5,9,11-12,14H2/t16-/m0/s1. The van der Waals surface area contributed by atoms with Crippen molar-refractivity contribution in [1.82, 2.24) is 24.6 Å². The molecule has 0 bridgehead atoms. The van der Waals surface area contributed by atoms with E-state index in [0.717, 1.165) is 57.7 Å². The second-order valence-corrected chi connectivity index (χ2v) is 6.89. The van der Waals surface area contributed by atoms with Gasteiger partial charge in [0.1, 0.15) is 5.82 Å². The van der Waals surface area contributed by atoms with Crippen molar-refractivity contribution in [3.63, 3.8) is 0 Å². The minimum Gasteiger partial charge on any atom is -0.355 e. The van der Waals surface area contributed by atoms with Crippen LogP contribution in [0.25, 0.3) is 0 Å². The van der Waals surface area contributed by atoms with Crippen LogP contribution >= 0.6 is 0 Å². The number of hydrogen-bond donors (Lipinski definition) is 0. The van der Waals surface area contributed by atoms with Crippen LogP contribution in [-0.4, -0.2) is 56.7 Å². The van der Waals surface area contributed by atoms with Gasteiger partial charge in [-0.2, -0.15) is 5.10 Å². The van der Waals surface area contributed by atoms with E-state index >= 15 is 0 Å². The first-order valence-corrected chi connectivity index (χ1v) is 9.10. The number of carbonyl (C=O) groups is 1. The van der Waals surface area contributed by atoms with Gasteiger partial charge in [0.05, 0.1) is 12.2 Å². The highest BCUT2D eigenvalue weighted by molar-refractivity contribution is 5.79. The van der Waals surface area contributed by atoms with Crippen LogP contribution in [0, 0.1) is 5.92 Å². The molecule has 132 valence electrons. The number of anilines is 1. The first-order valence-electron chi connectivity index (χ1n) is 9.10. The van der Waals surface area contributed by atoms with Gasteiger partial charge in [0.2, 0.25) is 5.91 Å². The van der Waals surface area contributed by atoms with Crippen LogP contribution in [0.4, 0.5) is 5.82 Å². The predicted molar refractivity (Wildman–Crippen MR) is 94.0 cm³/mol. The highest BCUT2D eigenvalue weighted by Crippen LogP contribution is 2.26. The Morgan fingerprint density at radius 3 is 2.68 bits per heavy atom. The molecule has 0 spiro atoms. The Hall–Kier alpha value is -2.44. The maximum absolute atomic E-state index is 13.0. The average Bonchev–Trinajstić information content (AvgIpc) is 3.23. The number of carbonyl (C=O) groups excluding carboxylic acids is 1. The van der Waals surface area contributed by atoms with Crippen molar-refractivity contribution in [2.75, 3.05) is 31.1 Å². The highest BCUT2D eigenvalue weighted by Gasteiger charge is 2.32. The molecule has 2 aromatic heterocycles. The summed E-state index contributed by atoms with van der Waals surface area (Å²) in [5, 5.41) is 4.35. The Kier molecular flexibility index (Phi) is 4.63. The Morgan fingerprint density at radius 2 is 1.96 bits per heavy atom. The van der Waals surface area contributed by atoms with Crippen LogP contribution < -0.4 is 4.90 Å². The van der Waals surface area contributed by atoms with Crippen molar-refractivity contribution in [2.24, 2.45) is 5.92 Å². The minimum absolute atomic E-state index is 0.129. The lowest BCUT2D eigenvalue weighted by Crippen LogP contribution is -2.46. The summed E-state index contributed by atoms with van der Waals surface area (Å²) >= 11 is 0. The number of amides is 1. The van der Waals surface area contributed by atoms with Gasteiger partial charge in [-0.15, -0.1) is 0 Å². The number of nitrogens with zero attached hydrogens (tertiary/aromatic N) is 6. The van der Waals surface area contributed by atoms with E-state index < -0.39 is 0 Å². The molecule has 7 nitrogen and oxygen atoms in total. The lowest BCUT2D eigenvalue weighted by Gasteiger charge is -2.38. The van der Waals surface area contributed by atoms with Crippen LogP contribution in [0.5, 0.6) is 0 Å². The smallest absolute Gasteiger partial charge is 0.225 e. The zero-order valence-electron chi connectivity index (χ0n) is 14.4. The van der Waals surface area contributed by atoms with Crippen LogP contribution in [-0.2, 0) is 4.79 Å². The molecule has 1 amide bonds. The van der Waals surface area contributed by atoms with E-state index in [1.165, 1.54) is 0 Å². The lowest BCUT2D eigenvalue weighted by atomic mass is 9.94. The number of likely N-dealkylation sites (tertiary alicyclic amines) is 1. The quantitative estimate of drug-likeness (QED) is 0.852. The Morgan fingerprint density at radius 1 is 1.08 bits per heavy atom. The van der Waals surface area contributed by atoms with Crippen LogP contribution in [0.2, 0.25) is 0 Å². The monoisotopic (exact) mass is 340 g/mol. The first kappa shape index (κ1) is 16.1. The topological polar surface area (TPSA) is 67.2 Å². The predicted octanol–water partition coefficient (Wildman–Crippen LogP) is 1.75. The summed E-state index contributed by atoms with van der Waals surface area (Å²) in [6.07, 6.45) is 12.9. The van der Waals surface area contributed by atoms with Gasteiger partial charge in [0, 0.05) is 56.9 Å². The second kappa shape index (κ2) is 7.21. The molecule has 2 aromatic rings. The lowest BCUT2D eigenvalue weighted by molar-refractivity contribution is -0.138. The number of rotatable bonds is 3. The first-order chi connectivity index (χ1) is 12.3. The van der Waals surface area contributed by atoms with E-state index in [1.54, 1.807) is 18.6 Å². The summed E-state index contributed by atoms with van der Waals surface area (Å²) in [5.74, 6) is 1.35. The summed E-state index contributed by atoms with van der Waals surface area (Å²) in [7, 11) is 0.